The monoisotopic (exact) mass is 435 g/mol. The minimum Gasteiger partial charge on any atom is -0.486 e. The summed E-state index contributed by atoms with van der Waals surface area (Å²) in [5, 5.41) is 2.75. The largest absolute Gasteiger partial charge is 0.486 e. The van der Waals surface area contributed by atoms with Gasteiger partial charge < -0.3 is 19.5 Å². The van der Waals surface area contributed by atoms with Crippen molar-refractivity contribution in [1.82, 2.24) is 15.0 Å². The second-order valence-corrected chi connectivity index (χ2v) is 8.75. The maximum absolute atomic E-state index is 12.9. The van der Waals surface area contributed by atoms with Crippen LogP contribution in [0, 0.1) is 5.92 Å². The van der Waals surface area contributed by atoms with E-state index in [1.165, 1.54) is 19.2 Å². The summed E-state index contributed by atoms with van der Waals surface area (Å²) in [6.45, 7) is 4.45. The van der Waals surface area contributed by atoms with Crippen LogP contribution in [-0.2, 0) is 21.4 Å². The van der Waals surface area contributed by atoms with Crippen LogP contribution in [0.1, 0.15) is 19.4 Å². The number of carbonyl (C=O) groups excluding carboxylic acids is 1. The number of hydrogen-bond donors (Lipinski definition) is 2. The van der Waals surface area contributed by atoms with E-state index in [0.717, 1.165) is 0 Å². The van der Waals surface area contributed by atoms with Crippen LogP contribution >= 0.6 is 0 Å². The van der Waals surface area contributed by atoms with Crippen molar-refractivity contribution in [3.05, 3.63) is 42.1 Å². The molecule has 1 aliphatic heterocycles. The van der Waals surface area contributed by atoms with E-state index in [1.807, 2.05) is 0 Å². The first-order chi connectivity index (χ1) is 14.3. The molecule has 9 nitrogen and oxygen atoms in total. The SMILES string of the molecule is COc1ncccc1CNC(=O)C(NS(=O)(=O)c1ccc2c(c1)OCCO2)C(C)C. The lowest BCUT2D eigenvalue weighted by Crippen LogP contribution is -2.49. The van der Waals surface area contributed by atoms with Crippen LogP contribution < -0.4 is 24.2 Å². The lowest BCUT2D eigenvalue weighted by Gasteiger charge is -2.23. The van der Waals surface area contributed by atoms with E-state index in [9.17, 15) is 13.2 Å². The van der Waals surface area contributed by atoms with Crippen LogP contribution in [-0.4, -0.2) is 45.7 Å². The molecule has 2 N–H and O–H groups in total. The Balaban J connectivity index is 1.73. The van der Waals surface area contributed by atoms with Crippen molar-refractivity contribution in [2.24, 2.45) is 5.92 Å². The lowest BCUT2D eigenvalue weighted by molar-refractivity contribution is -0.123. The molecule has 1 aromatic heterocycles. The standard InChI is InChI=1S/C20H25N3O6S/c1-13(2)18(19(24)22-12-14-5-4-8-21-20(14)27-3)23-30(25,26)15-6-7-16-17(11-15)29-10-9-28-16/h4-8,11,13,18,23H,9-10,12H2,1-3H3,(H,22,24). The fourth-order valence-corrected chi connectivity index (χ4v) is 4.31. The molecule has 0 saturated carbocycles. The van der Waals surface area contributed by atoms with Crippen molar-refractivity contribution < 1.29 is 27.4 Å². The molecule has 1 aliphatic rings. The number of amides is 1. The molecule has 0 radical (unpaired) electrons. The smallest absolute Gasteiger partial charge is 0.241 e. The highest BCUT2D eigenvalue weighted by Crippen LogP contribution is 2.32. The van der Waals surface area contributed by atoms with E-state index in [2.05, 4.69) is 15.0 Å². The second kappa shape index (κ2) is 9.31. The minimum absolute atomic E-state index is 0.000807. The highest BCUT2D eigenvalue weighted by Gasteiger charge is 2.29. The molecule has 0 bridgehead atoms. The Kier molecular flexibility index (Phi) is 6.78. The van der Waals surface area contributed by atoms with Gasteiger partial charge in [-0.15, -0.1) is 0 Å². The molecule has 1 unspecified atom stereocenters. The van der Waals surface area contributed by atoms with E-state index in [-0.39, 0.29) is 17.4 Å². The van der Waals surface area contributed by atoms with Crippen molar-refractivity contribution in [2.45, 2.75) is 31.3 Å². The number of methoxy groups -OCH3 is 1. The maximum Gasteiger partial charge on any atom is 0.241 e. The molecule has 30 heavy (non-hydrogen) atoms. The van der Waals surface area contributed by atoms with Gasteiger partial charge in [0.15, 0.2) is 11.5 Å². The van der Waals surface area contributed by atoms with Crippen molar-refractivity contribution in [3.8, 4) is 17.4 Å². The molecule has 2 aromatic rings. The zero-order valence-electron chi connectivity index (χ0n) is 17.0. The summed E-state index contributed by atoms with van der Waals surface area (Å²) in [6, 6.07) is 6.90. The van der Waals surface area contributed by atoms with Crippen LogP contribution in [0.4, 0.5) is 0 Å². The number of nitrogens with one attached hydrogen (secondary N) is 2. The third-order valence-corrected chi connectivity index (χ3v) is 5.99. The molecule has 1 aromatic carbocycles. The molecule has 0 fully saturated rings. The van der Waals surface area contributed by atoms with E-state index in [1.54, 1.807) is 38.2 Å². The maximum atomic E-state index is 12.9. The third kappa shape index (κ3) is 5.00. The summed E-state index contributed by atoms with van der Waals surface area (Å²) in [6.07, 6.45) is 1.59. The Bertz CT molecular complexity index is 1010. The number of rotatable bonds is 8. The zero-order valence-corrected chi connectivity index (χ0v) is 17.9. The second-order valence-electron chi connectivity index (χ2n) is 7.04. The van der Waals surface area contributed by atoms with Crippen LogP contribution in [0.15, 0.2) is 41.4 Å². The van der Waals surface area contributed by atoms with E-state index in [4.69, 9.17) is 14.2 Å². The molecule has 3 rings (SSSR count). The Morgan fingerprint density at radius 3 is 2.63 bits per heavy atom. The first kappa shape index (κ1) is 21.8. The van der Waals surface area contributed by atoms with Gasteiger partial charge >= 0.3 is 0 Å². The molecule has 0 aliphatic carbocycles. The van der Waals surface area contributed by atoms with Gasteiger partial charge in [0.05, 0.1) is 12.0 Å². The van der Waals surface area contributed by atoms with Crippen LogP contribution in [0.5, 0.6) is 17.4 Å². The molecule has 2 heterocycles. The summed E-state index contributed by atoms with van der Waals surface area (Å²) < 4.78 is 44.3. The van der Waals surface area contributed by atoms with E-state index < -0.39 is 22.0 Å². The summed E-state index contributed by atoms with van der Waals surface area (Å²) in [7, 11) is -2.47. The van der Waals surface area contributed by atoms with Gasteiger partial charge in [-0.3, -0.25) is 4.79 Å². The number of carbonyl (C=O) groups is 1. The predicted molar refractivity (Wildman–Crippen MR) is 109 cm³/mol. The number of sulfonamides is 1. The molecule has 10 heteroatoms. The normalized spacial score (nSPS) is 14.3. The van der Waals surface area contributed by atoms with Crippen molar-refractivity contribution >= 4 is 15.9 Å². The number of benzene rings is 1. The summed E-state index contributed by atoms with van der Waals surface area (Å²) in [5.74, 6) is 0.516. The molecular weight excluding hydrogens is 410 g/mol. The molecule has 0 spiro atoms. The van der Waals surface area contributed by atoms with Gasteiger partial charge in [-0.1, -0.05) is 19.9 Å². The average Bonchev–Trinajstić information content (AvgIpc) is 2.75. The topological polar surface area (TPSA) is 116 Å². The first-order valence-electron chi connectivity index (χ1n) is 9.49. The van der Waals surface area contributed by atoms with Gasteiger partial charge in [0.25, 0.3) is 0 Å². The Morgan fingerprint density at radius 2 is 1.93 bits per heavy atom. The van der Waals surface area contributed by atoms with Gasteiger partial charge in [0.1, 0.15) is 19.3 Å². The summed E-state index contributed by atoms with van der Waals surface area (Å²) >= 11 is 0. The quantitative estimate of drug-likeness (QED) is 0.645. The Labute approximate surface area is 175 Å². The average molecular weight is 436 g/mol. The van der Waals surface area contributed by atoms with Crippen molar-refractivity contribution in [3.63, 3.8) is 0 Å². The van der Waals surface area contributed by atoms with Gasteiger partial charge in [-0.05, 0) is 24.1 Å². The van der Waals surface area contributed by atoms with Gasteiger partial charge in [-0.25, -0.2) is 13.4 Å². The fourth-order valence-electron chi connectivity index (χ4n) is 2.95. The van der Waals surface area contributed by atoms with Gasteiger partial charge in [0, 0.05) is 24.4 Å². The lowest BCUT2D eigenvalue weighted by atomic mass is 10.0. The Morgan fingerprint density at radius 1 is 1.20 bits per heavy atom. The molecule has 1 atom stereocenters. The molecular formula is C20H25N3O6S. The first-order valence-corrected chi connectivity index (χ1v) is 11.0. The van der Waals surface area contributed by atoms with Crippen LogP contribution in [0.25, 0.3) is 0 Å². The van der Waals surface area contributed by atoms with Crippen LogP contribution in [0.2, 0.25) is 0 Å². The number of aromatic nitrogens is 1. The predicted octanol–water partition coefficient (Wildman–Crippen LogP) is 1.48. The summed E-state index contributed by atoms with van der Waals surface area (Å²) in [5.41, 5.74) is 0.686. The number of nitrogens with zero attached hydrogens (tertiary/aromatic N) is 1. The van der Waals surface area contributed by atoms with Gasteiger partial charge in [0.2, 0.25) is 21.8 Å². The highest BCUT2D eigenvalue weighted by molar-refractivity contribution is 7.89. The van der Waals surface area contributed by atoms with Crippen LogP contribution in [0.3, 0.4) is 0 Å². The molecule has 1 amide bonds. The Hall–Kier alpha value is -2.85. The highest BCUT2D eigenvalue weighted by atomic mass is 32.2. The minimum atomic E-state index is -3.96. The van der Waals surface area contributed by atoms with E-state index >= 15 is 0 Å². The number of pyridine rings is 1. The molecule has 162 valence electrons. The zero-order chi connectivity index (χ0) is 21.7. The number of fused-ring (bicyclic) bond motifs is 1. The number of hydrogen-bond acceptors (Lipinski definition) is 7. The third-order valence-electron chi connectivity index (χ3n) is 4.55. The van der Waals surface area contributed by atoms with Crippen molar-refractivity contribution in [2.75, 3.05) is 20.3 Å². The fraction of sp³-hybridized carbons (Fsp3) is 0.400. The van der Waals surface area contributed by atoms with Crippen molar-refractivity contribution in [1.29, 1.82) is 0 Å². The molecule has 0 saturated heterocycles. The van der Waals surface area contributed by atoms with Gasteiger partial charge in [-0.2, -0.15) is 4.72 Å². The summed E-state index contributed by atoms with van der Waals surface area (Å²) in [4.78, 5) is 16.8. The number of ether oxygens (including phenoxy) is 3. The van der Waals surface area contributed by atoms with E-state index in [0.29, 0.717) is 36.2 Å².